The number of aromatic nitrogens is 5. The lowest BCUT2D eigenvalue weighted by molar-refractivity contribution is -0.136. The lowest BCUT2D eigenvalue weighted by Gasteiger charge is -2.41. The average molecular weight is 534 g/mol. The van der Waals surface area contributed by atoms with Gasteiger partial charge in [0, 0.05) is 57.8 Å². The molecule has 1 aromatic carbocycles. The van der Waals surface area contributed by atoms with Gasteiger partial charge in [0.1, 0.15) is 24.0 Å². The molecule has 3 aromatic rings. The summed E-state index contributed by atoms with van der Waals surface area (Å²) < 4.78 is 1.78. The Morgan fingerprint density at radius 2 is 1.92 bits per heavy atom. The molecule has 4 heterocycles. The van der Waals surface area contributed by atoms with Crippen molar-refractivity contribution in [2.45, 2.75) is 44.7 Å². The van der Waals surface area contributed by atoms with Crippen LogP contribution in [-0.2, 0) is 29.0 Å². The van der Waals surface area contributed by atoms with Crippen molar-refractivity contribution >= 4 is 23.5 Å². The number of benzene rings is 1. The van der Waals surface area contributed by atoms with Gasteiger partial charge in [-0.3, -0.25) is 14.3 Å². The predicted molar refractivity (Wildman–Crippen MR) is 145 cm³/mol. The van der Waals surface area contributed by atoms with Crippen molar-refractivity contribution in [1.29, 1.82) is 0 Å². The first-order valence-electron chi connectivity index (χ1n) is 13.5. The minimum atomic E-state index is -0.744. The van der Waals surface area contributed by atoms with E-state index in [-0.39, 0.29) is 18.4 Å². The number of aliphatic hydroxyl groups is 1. The molecule has 12 nitrogen and oxygen atoms in total. The van der Waals surface area contributed by atoms with E-state index in [9.17, 15) is 9.59 Å². The van der Waals surface area contributed by atoms with E-state index >= 15 is 0 Å². The van der Waals surface area contributed by atoms with Crippen LogP contribution in [0.15, 0.2) is 48.9 Å². The van der Waals surface area contributed by atoms with Crippen molar-refractivity contribution < 1.29 is 14.7 Å². The van der Waals surface area contributed by atoms with Crippen LogP contribution in [0.25, 0.3) is 0 Å². The predicted octanol–water partition coefficient (Wildman–Crippen LogP) is 0.549. The number of piperidine rings is 1. The fourth-order valence-corrected chi connectivity index (χ4v) is 5.27. The summed E-state index contributed by atoms with van der Waals surface area (Å²) in [5.74, 6) is 1.08. The second kappa shape index (κ2) is 12.2. The van der Waals surface area contributed by atoms with E-state index in [4.69, 9.17) is 5.11 Å². The number of aliphatic hydroxyl groups excluding tert-OH is 1. The summed E-state index contributed by atoms with van der Waals surface area (Å²) in [4.78, 5) is 38.0. The number of hydrogen-bond acceptors (Lipinski definition) is 9. The normalized spacial score (nSPS) is 19.8. The molecule has 2 aliphatic heterocycles. The fraction of sp³-hybridized carbons (Fsp3) is 0.481. The van der Waals surface area contributed by atoms with E-state index in [2.05, 4.69) is 41.1 Å². The van der Waals surface area contributed by atoms with Gasteiger partial charge in [-0.25, -0.2) is 9.97 Å². The lowest BCUT2D eigenvalue weighted by Crippen LogP contribution is -2.56. The highest BCUT2D eigenvalue weighted by Gasteiger charge is 2.43. The Kier molecular flexibility index (Phi) is 8.30. The summed E-state index contributed by atoms with van der Waals surface area (Å²) in [6.07, 6.45) is 6.11. The van der Waals surface area contributed by atoms with Crippen LogP contribution in [0.4, 0.5) is 11.6 Å². The number of hydrogen-bond donors (Lipinski definition) is 4. The number of anilines is 2. The molecule has 1 saturated heterocycles. The summed E-state index contributed by atoms with van der Waals surface area (Å²) in [6.45, 7) is 2.75. The Morgan fingerprint density at radius 3 is 2.72 bits per heavy atom. The zero-order chi connectivity index (χ0) is 27.1. The molecule has 5 rings (SSSR count). The topological polar surface area (TPSA) is 150 Å². The van der Waals surface area contributed by atoms with E-state index in [1.165, 1.54) is 6.33 Å². The highest BCUT2D eigenvalue weighted by Crippen LogP contribution is 2.37. The molecule has 2 bridgehead atoms. The molecule has 0 aliphatic carbocycles. The van der Waals surface area contributed by atoms with Crippen molar-refractivity contribution in [3.8, 4) is 0 Å². The molecule has 0 unspecified atom stereocenters. The highest BCUT2D eigenvalue weighted by atomic mass is 16.3. The van der Waals surface area contributed by atoms with E-state index in [1.54, 1.807) is 4.68 Å². The van der Waals surface area contributed by atoms with Gasteiger partial charge >= 0.3 is 0 Å². The molecular weight excluding hydrogens is 498 g/mol. The van der Waals surface area contributed by atoms with Crippen LogP contribution in [-0.4, -0.2) is 80.7 Å². The zero-order valence-electron chi connectivity index (χ0n) is 21.9. The molecular formula is C27H35N9O3. The van der Waals surface area contributed by atoms with E-state index in [1.807, 2.05) is 42.6 Å². The number of nitrogens with one attached hydrogen (secondary N) is 3. The third kappa shape index (κ3) is 6.51. The first kappa shape index (κ1) is 26.5. The Labute approximate surface area is 227 Å². The smallest absolute Gasteiger partial charge is 0.242 e. The van der Waals surface area contributed by atoms with Crippen LogP contribution < -0.4 is 20.9 Å². The maximum absolute atomic E-state index is 14.0. The molecule has 206 valence electrons. The monoisotopic (exact) mass is 533 g/mol. The number of rotatable bonds is 6. The minimum Gasteiger partial charge on any atom is -0.395 e. The van der Waals surface area contributed by atoms with Crippen LogP contribution >= 0.6 is 0 Å². The zero-order valence-corrected chi connectivity index (χ0v) is 21.9. The highest BCUT2D eigenvalue weighted by molar-refractivity contribution is 5.90. The molecule has 39 heavy (non-hydrogen) atoms. The van der Waals surface area contributed by atoms with Gasteiger partial charge in [0.05, 0.1) is 17.7 Å². The van der Waals surface area contributed by atoms with Crippen molar-refractivity contribution in [3.05, 3.63) is 60.2 Å². The summed E-state index contributed by atoms with van der Waals surface area (Å²) in [6, 6.07) is 10.9. The minimum absolute atomic E-state index is 0.00852. The second-order valence-corrected chi connectivity index (χ2v) is 10.2. The van der Waals surface area contributed by atoms with Crippen molar-refractivity contribution in [1.82, 2.24) is 35.6 Å². The van der Waals surface area contributed by atoms with Crippen molar-refractivity contribution in [2.75, 3.05) is 43.0 Å². The Hall–Kier alpha value is -4.06. The van der Waals surface area contributed by atoms with E-state index < -0.39 is 11.5 Å². The number of fused-ring (bicyclic) bond motifs is 2. The number of carbonyl (C=O) groups is 2. The molecule has 0 radical (unpaired) electrons. The fourth-order valence-electron chi connectivity index (χ4n) is 5.27. The van der Waals surface area contributed by atoms with Crippen LogP contribution in [0.5, 0.6) is 0 Å². The molecule has 1 atom stereocenters. The lowest BCUT2D eigenvalue weighted by atomic mass is 9.73. The average Bonchev–Trinajstić information content (AvgIpc) is 3.41. The summed E-state index contributed by atoms with van der Waals surface area (Å²) in [5.41, 5.74) is 1.02. The summed E-state index contributed by atoms with van der Waals surface area (Å²) in [7, 11) is 0. The third-order valence-corrected chi connectivity index (χ3v) is 7.47. The number of nitrogens with zero attached hydrogens (tertiary/aromatic N) is 6. The van der Waals surface area contributed by atoms with Gasteiger partial charge in [0.25, 0.3) is 0 Å². The maximum Gasteiger partial charge on any atom is 0.242 e. The molecule has 12 heteroatoms. The quantitative estimate of drug-likeness (QED) is 0.356. The van der Waals surface area contributed by atoms with Crippen LogP contribution in [0.1, 0.15) is 30.5 Å². The molecule has 0 saturated carbocycles. The van der Waals surface area contributed by atoms with Gasteiger partial charge < -0.3 is 26.0 Å². The number of aryl methyl sites for hydroxylation is 1. The summed E-state index contributed by atoms with van der Waals surface area (Å²) in [5, 5.41) is 26.9. The van der Waals surface area contributed by atoms with Gasteiger partial charge in [-0.2, -0.15) is 0 Å². The molecule has 2 aromatic heterocycles. The van der Waals surface area contributed by atoms with E-state index in [0.717, 1.165) is 17.1 Å². The van der Waals surface area contributed by atoms with Gasteiger partial charge in [-0.05, 0) is 24.8 Å². The number of amides is 2. The molecule has 2 aliphatic rings. The van der Waals surface area contributed by atoms with E-state index in [0.29, 0.717) is 70.6 Å². The number of carbonyl (C=O) groups excluding carboxylic acids is 2. The third-order valence-electron chi connectivity index (χ3n) is 7.47. The van der Waals surface area contributed by atoms with Crippen LogP contribution in [0, 0.1) is 5.41 Å². The maximum atomic E-state index is 14.0. The summed E-state index contributed by atoms with van der Waals surface area (Å²) >= 11 is 0. The molecule has 1 spiro atoms. The van der Waals surface area contributed by atoms with Gasteiger partial charge in [-0.15, -0.1) is 5.10 Å². The Bertz CT molecular complexity index is 1260. The first-order valence-corrected chi connectivity index (χ1v) is 13.5. The SMILES string of the molecule is O=C1NCCCn2cc(nn2)CC2(CCN(c3cc(NCCO)ncn3)CC2)C(=O)N[C@H]1Cc1ccccc1. The van der Waals surface area contributed by atoms with Crippen LogP contribution in [0.2, 0.25) is 0 Å². The Balaban J connectivity index is 1.38. The van der Waals surface area contributed by atoms with Crippen LogP contribution in [0.3, 0.4) is 0 Å². The Morgan fingerprint density at radius 1 is 1.10 bits per heavy atom. The standard InChI is InChI=1S/C27H35N9O3/c37-14-10-28-23-16-24(31-19-30-23)35-12-7-27(8-13-35)17-21-18-36(34-33-21)11-4-9-29-25(38)22(32-26(27)39)15-20-5-2-1-3-6-20/h1-3,5-6,16,18-19,22,37H,4,7-15,17H2,(H,29,38)(H,32,39)(H,28,30,31)/t22-/m0/s1. The first-order chi connectivity index (χ1) is 19.0. The molecule has 2 amide bonds. The largest absolute Gasteiger partial charge is 0.395 e. The van der Waals surface area contributed by atoms with Gasteiger partial charge in [0.2, 0.25) is 11.8 Å². The molecule has 4 N–H and O–H groups in total. The van der Waals surface area contributed by atoms with Gasteiger partial charge in [-0.1, -0.05) is 35.5 Å². The van der Waals surface area contributed by atoms with Gasteiger partial charge in [0.15, 0.2) is 0 Å². The second-order valence-electron chi connectivity index (χ2n) is 10.2. The van der Waals surface area contributed by atoms with Crippen molar-refractivity contribution in [2.24, 2.45) is 5.41 Å². The van der Waals surface area contributed by atoms with Crippen molar-refractivity contribution in [3.63, 3.8) is 0 Å². The molecule has 1 fully saturated rings.